The van der Waals surface area contributed by atoms with Gasteiger partial charge in [-0.3, -0.25) is 9.59 Å². The molecule has 8 aliphatic rings. The van der Waals surface area contributed by atoms with E-state index < -0.39 is 10.8 Å². The first-order valence-electron chi connectivity index (χ1n) is 34.7. The predicted octanol–water partition coefficient (Wildman–Crippen LogP) is 18.5. The molecular weight excluding hydrogens is 1110 g/mol. The SMILES string of the molecule is C[C@]1(COC(=O)[C@@]2(C)CCC[C@]3(C)c4cc(O)ccc4CC[C@@H]23)CCC[C@]2(C)c3cc(O)ccc3CC[C@@H]12.C[C@]1(COC(=O)[C@@]2(C)CCC[C@]3(C)c4cc(OCc5ccccc5)ccc4CC[C@@H]23)CCC[C@]2(C)c3cc(OCc4ccccc4)ccc3CC[C@@H]12. The zero-order valence-electron chi connectivity index (χ0n) is 55.3. The Bertz CT molecular complexity index is 3630. The molecule has 14 rings (SSSR count). The number of phenols is 2. The third kappa shape index (κ3) is 10.9. The summed E-state index contributed by atoms with van der Waals surface area (Å²) in [6, 6.07) is 45.9. The summed E-state index contributed by atoms with van der Waals surface area (Å²) in [4.78, 5) is 28.6. The highest BCUT2D eigenvalue weighted by molar-refractivity contribution is 5.78. The Kier molecular flexibility index (Phi) is 16.5. The first kappa shape index (κ1) is 62.3. The normalized spacial score (nSPS) is 33.6. The molecule has 4 fully saturated rings. The molecule has 0 radical (unpaired) electrons. The van der Waals surface area contributed by atoms with E-state index in [0.29, 0.717) is 49.8 Å². The molecule has 0 spiro atoms. The maximum Gasteiger partial charge on any atom is 0.312 e. The second kappa shape index (κ2) is 23.9. The van der Waals surface area contributed by atoms with Crippen LogP contribution in [0.25, 0.3) is 0 Å². The lowest BCUT2D eigenvalue weighted by atomic mass is 9.49. The molecule has 0 aliphatic heterocycles. The van der Waals surface area contributed by atoms with Crippen LogP contribution in [-0.4, -0.2) is 35.4 Å². The number of rotatable bonds is 12. The van der Waals surface area contributed by atoms with E-state index in [9.17, 15) is 19.8 Å². The molecule has 6 aromatic rings. The molecule has 6 aromatic carbocycles. The Labute approximate surface area is 537 Å². The maximum atomic E-state index is 14.5. The smallest absolute Gasteiger partial charge is 0.312 e. The van der Waals surface area contributed by atoms with Gasteiger partial charge in [-0.15, -0.1) is 0 Å². The van der Waals surface area contributed by atoms with Gasteiger partial charge in [0.1, 0.15) is 36.2 Å². The van der Waals surface area contributed by atoms with Crippen molar-refractivity contribution in [3.8, 4) is 23.0 Å². The van der Waals surface area contributed by atoms with Crippen molar-refractivity contribution in [3.63, 3.8) is 0 Å². The summed E-state index contributed by atoms with van der Waals surface area (Å²) < 4.78 is 25.7. The van der Waals surface area contributed by atoms with Crippen LogP contribution in [-0.2, 0) is 79.6 Å². The first-order chi connectivity index (χ1) is 43.1. The van der Waals surface area contributed by atoms with Gasteiger partial charge in [0.2, 0.25) is 0 Å². The zero-order chi connectivity index (χ0) is 62.9. The largest absolute Gasteiger partial charge is 0.508 e. The van der Waals surface area contributed by atoms with Crippen LogP contribution in [0.1, 0.15) is 214 Å². The van der Waals surface area contributed by atoms with Crippen molar-refractivity contribution in [2.75, 3.05) is 13.2 Å². The molecule has 2 N–H and O–H groups in total. The topological polar surface area (TPSA) is 112 Å². The number of hydrogen-bond acceptors (Lipinski definition) is 8. The van der Waals surface area contributed by atoms with E-state index in [1.165, 1.54) is 55.6 Å². The molecule has 8 heteroatoms. The van der Waals surface area contributed by atoms with Crippen molar-refractivity contribution in [1.29, 1.82) is 0 Å². The highest BCUT2D eigenvalue weighted by Crippen LogP contribution is 2.63. The fourth-order valence-electron chi connectivity index (χ4n) is 21.3. The van der Waals surface area contributed by atoms with Crippen LogP contribution in [0.3, 0.4) is 0 Å². The minimum absolute atomic E-state index is 0.00583. The summed E-state index contributed by atoms with van der Waals surface area (Å²) in [6.07, 6.45) is 20.8. The lowest BCUT2D eigenvalue weighted by Crippen LogP contribution is -2.54. The Morgan fingerprint density at radius 1 is 0.389 bits per heavy atom. The number of esters is 2. The number of hydrogen-bond donors (Lipinski definition) is 2. The van der Waals surface area contributed by atoms with Crippen molar-refractivity contribution < 1.29 is 38.7 Å². The minimum Gasteiger partial charge on any atom is -0.508 e. The molecule has 0 saturated heterocycles. The third-order valence-corrected chi connectivity index (χ3v) is 26.1. The van der Waals surface area contributed by atoms with Crippen molar-refractivity contribution in [1.82, 2.24) is 0 Å². The molecular formula is C82H100O8. The molecule has 0 heterocycles. The second-order valence-corrected chi connectivity index (χ2v) is 31.6. The van der Waals surface area contributed by atoms with E-state index in [1.54, 1.807) is 6.07 Å². The van der Waals surface area contributed by atoms with E-state index in [2.05, 4.69) is 152 Å². The van der Waals surface area contributed by atoms with Crippen LogP contribution in [0.15, 0.2) is 133 Å². The lowest BCUT2D eigenvalue weighted by Gasteiger charge is -2.56. The molecule has 0 unspecified atom stereocenters. The monoisotopic (exact) mass is 1210 g/mol. The van der Waals surface area contributed by atoms with E-state index in [1.807, 2.05) is 30.3 Å². The average molecular weight is 1210 g/mol. The molecule has 476 valence electrons. The van der Waals surface area contributed by atoms with Crippen LogP contribution >= 0.6 is 0 Å². The summed E-state index contributed by atoms with van der Waals surface area (Å²) in [5.74, 6) is 3.81. The van der Waals surface area contributed by atoms with Crippen molar-refractivity contribution >= 4 is 11.9 Å². The minimum atomic E-state index is -0.518. The number of carbonyl (C=O) groups excluding carboxylic acids is 2. The molecule has 12 atom stereocenters. The standard InChI is InChI=1S/C48H56O4.C34H44O4/c1-45(25-11-26-46(2)40-29-38(21-17-36(40)19-23-42(45)46)50-31-34-13-7-5-8-14-34)33-52-44(49)48(4)28-12-27-47(3)41-30-39(22-18-37(41)20-24-43(47)48)51-32-35-15-9-6-10-16-35;1-31(15-5-16-32(2)26-19-24(35)11-7-22(26)9-13-28(31)32)21-38-30(37)34(4)18-6-17-33(3)27-20-25(36)12-8-23(27)10-14-29(33)34/h5-10,13-18,21-22,29-30,42-43H,11-12,19-20,23-28,31-33H2,1-4H3;7-8,11-12,19-20,28-29,35-36H,5-6,9-10,13-18,21H2,1-4H3/t42-,43+,45+,46+,47+,48-;28-,29+,31+,32+,33+,34-/m00/s1. The van der Waals surface area contributed by atoms with Gasteiger partial charge in [-0.05, 0) is 266 Å². The summed E-state index contributed by atoms with van der Waals surface area (Å²) >= 11 is 0. The molecule has 8 aliphatic carbocycles. The van der Waals surface area contributed by atoms with E-state index >= 15 is 0 Å². The highest BCUT2D eigenvalue weighted by Gasteiger charge is 2.60. The van der Waals surface area contributed by atoms with Gasteiger partial charge in [0, 0.05) is 10.8 Å². The number of aryl methyl sites for hydroxylation is 4. The van der Waals surface area contributed by atoms with Gasteiger partial charge in [0.15, 0.2) is 0 Å². The molecule has 0 bridgehead atoms. The van der Waals surface area contributed by atoms with E-state index in [4.69, 9.17) is 18.9 Å². The van der Waals surface area contributed by atoms with Gasteiger partial charge in [-0.25, -0.2) is 0 Å². The third-order valence-electron chi connectivity index (χ3n) is 26.1. The first-order valence-corrected chi connectivity index (χ1v) is 34.7. The van der Waals surface area contributed by atoms with E-state index in [-0.39, 0.29) is 56.3 Å². The zero-order valence-corrected chi connectivity index (χ0v) is 55.3. The van der Waals surface area contributed by atoms with Gasteiger partial charge in [-0.1, -0.05) is 152 Å². The predicted molar refractivity (Wildman–Crippen MR) is 357 cm³/mol. The fourth-order valence-corrected chi connectivity index (χ4v) is 21.3. The second-order valence-electron chi connectivity index (χ2n) is 31.6. The lowest BCUT2D eigenvalue weighted by molar-refractivity contribution is -0.172. The van der Waals surface area contributed by atoms with Crippen molar-refractivity contribution in [3.05, 3.63) is 189 Å². The molecule has 0 amide bonds. The van der Waals surface area contributed by atoms with Crippen LogP contribution < -0.4 is 9.47 Å². The highest BCUT2D eigenvalue weighted by atomic mass is 16.5. The van der Waals surface area contributed by atoms with Crippen molar-refractivity contribution in [2.45, 2.75) is 219 Å². The van der Waals surface area contributed by atoms with Gasteiger partial charge in [0.05, 0.1) is 24.0 Å². The summed E-state index contributed by atoms with van der Waals surface area (Å²) in [7, 11) is 0. The molecule has 0 aromatic heterocycles. The summed E-state index contributed by atoms with van der Waals surface area (Å²) in [5.41, 5.74) is 11.8. The van der Waals surface area contributed by atoms with Crippen molar-refractivity contribution in [2.24, 2.45) is 45.3 Å². The van der Waals surface area contributed by atoms with E-state index in [0.717, 1.165) is 140 Å². The van der Waals surface area contributed by atoms with Crippen LogP contribution in [0.4, 0.5) is 0 Å². The summed E-state index contributed by atoms with van der Waals surface area (Å²) in [5, 5.41) is 20.6. The number of ether oxygens (including phenoxy) is 4. The van der Waals surface area contributed by atoms with Gasteiger partial charge in [0.25, 0.3) is 0 Å². The Morgan fingerprint density at radius 3 is 1.09 bits per heavy atom. The quantitative estimate of drug-likeness (QED) is 0.117. The van der Waals surface area contributed by atoms with Gasteiger partial charge in [-0.2, -0.15) is 0 Å². The van der Waals surface area contributed by atoms with Crippen LogP contribution in [0.2, 0.25) is 0 Å². The number of aromatic hydroxyl groups is 2. The maximum absolute atomic E-state index is 14.5. The average Bonchev–Trinajstić information content (AvgIpc) is 0.764. The van der Waals surface area contributed by atoms with Gasteiger partial charge >= 0.3 is 11.9 Å². The number of phenolic OH excluding ortho intramolecular Hbond substituents is 2. The number of benzene rings is 6. The van der Waals surface area contributed by atoms with Crippen LogP contribution in [0.5, 0.6) is 23.0 Å². The molecule has 4 saturated carbocycles. The van der Waals surface area contributed by atoms with Gasteiger partial charge < -0.3 is 29.2 Å². The Balaban J connectivity index is 0.000000173. The number of fused-ring (bicyclic) bond motifs is 12. The number of carbonyl (C=O) groups is 2. The summed E-state index contributed by atoms with van der Waals surface area (Å²) in [6.45, 7) is 20.8. The Morgan fingerprint density at radius 2 is 0.711 bits per heavy atom. The Hall–Kier alpha value is -6.54. The molecule has 8 nitrogen and oxygen atoms in total. The fraction of sp³-hybridized carbons (Fsp3) is 0.537. The van der Waals surface area contributed by atoms with Crippen LogP contribution in [0, 0.1) is 45.3 Å². The molecule has 90 heavy (non-hydrogen) atoms.